The van der Waals surface area contributed by atoms with Crippen LogP contribution in [0.2, 0.25) is 0 Å². The molecule has 0 atom stereocenters. The van der Waals surface area contributed by atoms with Crippen LogP contribution in [0.4, 0.5) is 19.0 Å². The van der Waals surface area contributed by atoms with Gasteiger partial charge in [0.15, 0.2) is 0 Å². The summed E-state index contributed by atoms with van der Waals surface area (Å²) in [7, 11) is 0. The number of aromatic nitrogens is 1. The Hall–Kier alpha value is -3.43. The quantitative estimate of drug-likeness (QED) is 0.620. The molecule has 10 heteroatoms. The van der Waals surface area contributed by atoms with Crippen LogP contribution in [0, 0.1) is 0 Å². The van der Waals surface area contributed by atoms with Crippen LogP contribution in [0.5, 0.6) is 0 Å². The van der Waals surface area contributed by atoms with E-state index in [1.54, 1.807) is 0 Å². The number of anilines is 1. The van der Waals surface area contributed by atoms with Crippen molar-refractivity contribution in [2.24, 2.45) is 0 Å². The lowest BCUT2D eigenvalue weighted by molar-refractivity contribution is -0.0885. The number of nitrogen functional groups attached to an aromatic ring is 1. The highest BCUT2D eigenvalue weighted by atomic mass is 19.4. The van der Waals surface area contributed by atoms with Crippen LogP contribution in [0.25, 0.3) is 5.69 Å². The van der Waals surface area contributed by atoms with Gasteiger partial charge in [0, 0.05) is 6.07 Å². The molecule has 0 saturated carbocycles. The highest BCUT2D eigenvalue weighted by Crippen LogP contribution is 2.28. The van der Waals surface area contributed by atoms with E-state index >= 15 is 0 Å². The molecule has 25 heavy (non-hydrogen) atoms. The second kappa shape index (κ2) is 5.30. The van der Waals surface area contributed by atoms with Gasteiger partial charge in [0.2, 0.25) is 0 Å². The van der Waals surface area contributed by atoms with Crippen LogP contribution in [-0.2, 0) is 0 Å². The predicted molar refractivity (Wildman–Crippen MR) is 78.6 cm³/mol. The summed E-state index contributed by atoms with van der Waals surface area (Å²) in [6, 6.07) is 5.23. The van der Waals surface area contributed by atoms with Crippen molar-refractivity contribution >= 4 is 23.4 Å². The van der Waals surface area contributed by atoms with Gasteiger partial charge in [0.05, 0.1) is 22.4 Å². The van der Waals surface area contributed by atoms with E-state index in [1.165, 1.54) is 12.1 Å². The Labute approximate surface area is 136 Å². The lowest BCUT2D eigenvalue weighted by atomic mass is 10.1. The summed E-state index contributed by atoms with van der Waals surface area (Å²) in [5, 5.41) is 1.93. The van der Waals surface area contributed by atoms with Crippen molar-refractivity contribution in [3.05, 3.63) is 57.4 Å². The number of pyridine rings is 1. The molecule has 0 spiro atoms. The van der Waals surface area contributed by atoms with Crippen molar-refractivity contribution in [1.29, 1.82) is 0 Å². The van der Waals surface area contributed by atoms with E-state index in [1.807, 2.05) is 5.32 Å². The van der Waals surface area contributed by atoms with Gasteiger partial charge in [0.25, 0.3) is 23.2 Å². The first-order valence-corrected chi connectivity index (χ1v) is 6.75. The molecule has 1 aliphatic rings. The minimum absolute atomic E-state index is 0.275. The molecular weight excluding hydrogens is 343 g/mol. The number of amides is 2. The Bertz CT molecular complexity index is 1010. The molecule has 2 heterocycles. The summed E-state index contributed by atoms with van der Waals surface area (Å²) in [5.74, 6) is -4.43. The van der Waals surface area contributed by atoms with Crippen LogP contribution in [0.15, 0.2) is 35.1 Å². The first kappa shape index (κ1) is 16.4. The number of imide groups is 1. The van der Waals surface area contributed by atoms with E-state index < -0.39 is 46.4 Å². The number of nitrogens with two attached hydrogens (primary N) is 1. The number of fused-ring (bicyclic) bond motifs is 1. The van der Waals surface area contributed by atoms with Crippen LogP contribution in [-0.4, -0.2) is 28.3 Å². The number of alkyl halides is 3. The number of benzene rings is 1. The van der Waals surface area contributed by atoms with Gasteiger partial charge in [-0.05, 0) is 12.1 Å². The van der Waals surface area contributed by atoms with Crippen LogP contribution >= 0.6 is 0 Å². The number of carbonyl (C=O) groups excluding carboxylic acids is 3. The van der Waals surface area contributed by atoms with Gasteiger partial charge in [-0.25, -0.2) is 0 Å². The van der Waals surface area contributed by atoms with Gasteiger partial charge in [-0.3, -0.25) is 29.1 Å². The number of ketones is 1. The SMILES string of the molecule is Nc1c2c(cc(=O)n1-c1ccccc1C(=O)C(F)(F)F)C(=O)NC2=O. The van der Waals surface area contributed by atoms with Crippen LogP contribution in [0.1, 0.15) is 31.1 Å². The van der Waals surface area contributed by atoms with E-state index in [-0.39, 0.29) is 11.1 Å². The van der Waals surface area contributed by atoms with Crippen molar-refractivity contribution in [2.45, 2.75) is 6.18 Å². The Morgan fingerprint density at radius 2 is 1.72 bits per heavy atom. The smallest absolute Gasteiger partial charge is 0.384 e. The third-order valence-electron chi connectivity index (χ3n) is 3.60. The third kappa shape index (κ3) is 2.47. The van der Waals surface area contributed by atoms with Crippen LogP contribution < -0.4 is 16.6 Å². The topological polar surface area (TPSA) is 111 Å². The summed E-state index contributed by atoms with van der Waals surface area (Å²) in [4.78, 5) is 47.3. The molecule has 0 radical (unpaired) electrons. The number of nitrogens with one attached hydrogen (secondary N) is 1. The first-order valence-electron chi connectivity index (χ1n) is 6.75. The number of para-hydroxylation sites is 1. The van der Waals surface area contributed by atoms with E-state index in [9.17, 15) is 32.3 Å². The second-order valence-corrected chi connectivity index (χ2v) is 5.12. The number of carbonyl (C=O) groups is 3. The monoisotopic (exact) mass is 351 g/mol. The maximum absolute atomic E-state index is 12.8. The largest absolute Gasteiger partial charge is 0.454 e. The zero-order valence-corrected chi connectivity index (χ0v) is 12.2. The molecule has 2 amide bonds. The fourth-order valence-electron chi connectivity index (χ4n) is 2.54. The average Bonchev–Trinajstić information content (AvgIpc) is 2.80. The standard InChI is InChI=1S/C15H8F3N3O4/c16-15(17,18)11(23)6-3-1-2-4-8(6)21-9(22)5-7-10(12(21)19)14(25)20-13(7)24/h1-5H,19H2,(H,20,24,25). The van der Waals surface area contributed by atoms with Crippen molar-refractivity contribution < 1.29 is 27.6 Å². The molecule has 1 aromatic heterocycles. The molecule has 3 N–H and O–H groups in total. The van der Waals surface area contributed by atoms with Crippen molar-refractivity contribution in [2.75, 3.05) is 5.73 Å². The summed E-state index contributed by atoms with van der Waals surface area (Å²) >= 11 is 0. The Kier molecular flexibility index (Phi) is 3.48. The lowest BCUT2D eigenvalue weighted by Crippen LogP contribution is -2.29. The highest BCUT2D eigenvalue weighted by molar-refractivity contribution is 6.23. The molecule has 0 unspecified atom stereocenters. The number of hydrogen-bond acceptors (Lipinski definition) is 5. The van der Waals surface area contributed by atoms with Gasteiger partial charge in [-0.2, -0.15) is 13.2 Å². The fourth-order valence-corrected chi connectivity index (χ4v) is 2.54. The fraction of sp³-hybridized carbons (Fsp3) is 0.0667. The molecule has 1 aliphatic heterocycles. The van der Waals surface area contributed by atoms with Gasteiger partial charge in [-0.1, -0.05) is 12.1 Å². The molecule has 0 bridgehead atoms. The Morgan fingerprint density at radius 1 is 1.08 bits per heavy atom. The van der Waals surface area contributed by atoms with Crippen molar-refractivity contribution in [1.82, 2.24) is 9.88 Å². The molecular formula is C15H8F3N3O4. The molecule has 0 fully saturated rings. The molecule has 0 aliphatic carbocycles. The zero-order chi connectivity index (χ0) is 18.5. The summed E-state index contributed by atoms with van der Waals surface area (Å²) in [6.07, 6.45) is -5.17. The van der Waals surface area contributed by atoms with Gasteiger partial charge in [0.1, 0.15) is 5.82 Å². The van der Waals surface area contributed by atoms with E-state index in [2.05, 4.69) is 0 Å². The zero-order valence-electron chi connectivity index (χ0n) is 12.2. The average molecular weight is 351 g/mol. The highest BCUT2D eigenvalue weighted by Gasteiger charge is 2.41. The second-order valence-electron chi connectivity index (χ2n) is 5.12. The summed E-state index contributed by atoms with van der Waals surface area (Å²) in [5.41, 5.74) is 2.94. The maximum Gasteiger partial charge on any atom is 0.454 e. The third-order valence-corrected chi connectivity index (χ3v) is 3.60. The number of Topliss-reactive ketones (excluding diaryl/α,β-unsaturated/α-hetero) is 1. The minimum atomic E-state index is -5.17. The number of rotatable bonds is 2. The van der Waals surface area contributed by atoms with Crippen molar-refractivity contribution in [3.63, 3.8) is 0 Å². The van der Waals surface area contributed by atoms with E-state index in [0.717, 1.165) is 18.2 Å². The van der Waals surface area contributed by atoms with Gasteiger partial charge >= 0.3 is 6.18 Å². The summed E-state index contributed by atoms with van der Waals surface area (Å²) in [6.45, 7) is 0. The summed E-state index contributed by atoms with van der Waals surface area (Å²) < 4.78 is 39.0. The molecule has 0 saturated heterocycles. The normalized spacial score (nSPS) is 13.6. The Morgan fingerprint density at radius 3 is 2.36 bits per heavy atom. The molecule has 3 rings (SSSR count). The molecule has 128 valence electrons. The molecule has 2 aromatic rings. The van der Waals surface area contributed by atoms with Gasteiger partial charge < -0.3 is 5.73 Å². The van der Waals surface area contributed by atoms with Crippen molar-refractivity contribution in [3.8, 4) is 5.69 Å². The lowest BCUT2D eigenvalue weighted by Gasteiger charge is -2.15. The van der Waals surface area contributed by atoms with Gasteiger partial charge in [-0.15, -0.1) is 0 Å². The number of nitrogens with zero attached hydrogens (tertiary/aromatic N) is 1. The van der Waals surface area contributed by atoms with E-state index in [0.29, 0.717) is 4.57 Å². The number of halogens is 3. The first-order chi connectivity index (χ1) is 11.6. The molecule has 7 nitrogen and oxygen atoms in total. The molecule has 1 aromatic carbocycles. The Balaban J connectivity index is 2.32. The predicted octanol–water partition coefficient (Wildman–Crippen LogP) is 1.05. The number of hydrogen-bond donors (Lipinski definition) is 2. The van der Waals surface area contributed by atoms with Crippen LogP contribution in [0.3, 0.4) is 0 Å². The minimum Gasteiger partial charge on any atom is -0.384 e. The van der Waals surface area contributed by atoms with E-state index in [4.69, 9.17) is 5.73 Å². The maximum atomic E-state index is 12.8.